The van der Waals surface area contributed by atoms with Crippen LogP contribution in [-0.4, -0.2) is 25.2 Å². The van der Waals surface area contributed by atoms with Crippen LogP contribution in [-0.2, 0) is 19.1 Å². The Morgan fingerprint density at radius 3 is 1.39 bits per heavy atom. The molecule has 4 heteroatoms. The largest absolute Gasteiger partial charge is 0.465 e. The van der Waals surface area contributed by atoms with E-state index in [1.54, 1.807) is 0 Å². The molecule has 0 saturated heterocycles. The molecule has 0 atom stereocenters. The van der Waals surface area contributed by atoms with Gasteiger partial charge in [-0.2, -0.15) is 0 Å². The predicted octanol–water partition coefficient (Wildman–Crippen LogP) is 8.02. The second kappa shape index (κ2) is 19.6. The zero-order chi connectivity index (χ0) is 23.4. The summed E-state index contributed by atoms with van der Waals surface area (Å²) in [6, 6.07) is 0. The van der Waals surface area contributed by atoms with Gasteiger partial charge in [-0.25, -0.2) is 0 Å². The van der Waals surface area contributed by atoms with E-state index in [0.717, 1.165) is 19.3 Å². The number of esters is 2. The highest BCUT2D eigenvalue weighted by Crippen LogP contribution is 2.30. The second-order valence-electron chi connectivity index (χ2n) is 9.49. The Morgan fingerprint density at radius 1 is 0.613 bits per heavy atom. The standard InChI is InChI=1S/C27H52O4/c1-6-9-10-11-12-13-14-15-16-17-18-19-20-22-30-25(28)27(7-2,8-3)26(29)31-23-21-24(4)5/h24H,6-23H2,1-5H3. The lowest BCUT2D eigenvalue weighted by atomic mass is 9.82. The van der Waals surface area contributed by atoms with Crippen molar-refractivity contribution in [3.05, 3.63) is 0 Å². The monoisotopic (exact) mass is 440 g/mol. The van der Waals surface area contributed by atoms with Crippen molar-refractivity contribution in [3.8, 4) is 0 Å². The van der Waals surface area contributed by atoms with Crippen LogP contribution in [0.2, 0.25) is 0 Å². The van der Waals surface area contributed by atoms with Crippen LogP contribution in [0, 0.1) is 11.3 Å². The molecule has 0 aromatic heterocycles. The van der Waals surface area contributed by atoms with Crippen LogP contribution in [0.25, 0.3) is 0 Å². The fourth-order valence-electron chi connectivity index (χ4n) is 3.86. The first kappa shape index (κ1) is 29.9. The van der Waals surface area contributed by atoms with Gasteiger partial charge in [0.15, 0.2) is 5.41 Å². The van der Waals surface area contributed by atoms with Gasteiger partial charge in [-0.3, -0.25) is 9.59 Å². The molecule has 0 N–H and O–H groups in total. The van der Waals surface area contributed by atoms with Crippen LogP contribution in [0.3, 0.4) is 0 Å². The van der Waals surface area contributed by atoms with Gasteiger partial charge in [0.2, 0.25) is 0 Å². The van der Waals surface area contributed by atoms with Crippen LogP contribution in [0.4, 0.5) is 0 Å². The van der Waals surface area contributed by atoms with Gasteiger partial charge in [0.05, 0.1) is 13.2 Å². The number of hydrogen-bond donors (Lipinski definition) is 0. The number of hydrogen-bond acceptors (Lipinski definition) is 4. The molecule has 0 rings (SSSR count). The molecule has 0 aromatic rings. The smallest absolute Gasteiger partial charge is 0.323 e. The van der Waals surface area contributed by atoms with Crippen molar-refractivity contribution in [2.45, 2.75) is 137 Å². The molecule has 0 bridgehead atoms. The molecule has 0 unspecified atom stereocenters. The lowest BCUT2D eigenvalue weighted by Crippen LogP contribution is -2.41. The van der Waals surface area contributed by atoms with Crippen molar-refractivity contribution in [2.75, 3.05) is 13.2 Å². The normalized spacial score (nSPS) is 11.7. The Labute approximate surface area is 193 Å². The Bertz CT molecular complexity index is 441. The Morgan fingerprint density at radius 2 is 1.00 bits per heavy atom. The van der Waals surface area contributed by atoms with Gasteiger partial charge in [-0.05, 0) is 31.6 Å². The minimum absolute atomic E-state index is 0.365. The van der Waals surface area contributed by atoms with Gasteiger partial charge in [-0.1, -0.05) is 112 Å². The molecule has 31 heavy (non-hydrogen) atoms. The van der Waals surface area contributed by atoms with E-state index in [9.17, 15) is 9.59 Å². The summed E-state index contributed by atoms with van der Waals surface area (Å²) in [5.74, 6) is -0.368. The van der Waals surface area contributed by atoms with Crippen molar-refractivity contribution in [2.24, 2.45) is 11.3 Å². The maximum atomic E-state index is 12.7. The molecule has 0 aliphatic carbocycles. The van der Waals surface area contributed by atoms with E-state index >= 15 is 0 Å². The first-order valence-electron chi connectivity index (χ1n) is 13.3. The summed E-state index contributed by atoms with van der Waals surface area (Å²) in [7, 11) is 0. The topological polar surface area (TPSA) is 52.6 Å². The summed E-state index contributed by atoms with van der Waals surface area (Å²) in [6.45, 7) is 10.9. The number of unbranched alkanes of at least 4 members (excludes halogenated alkanes) is 12. The van der Waals surface area contributed by atoms with Crippen LogP contribution in [0.15, 0.2) is 0 Å². The fourth-order valence-corrected chi connectivity index (χ4v) is 3.86. The van der Waals surface area contributed by atoms with Crippen molar-refractivity contribution in [1.82, 2.24) is 0 Å². The minimum Gasteiger partial charge on any atom is -0.465 e. The number of rotatable bonds is 21. The highest BCUT2D eigenvalue weighted by molar-refractivity contribution is 5.99. The molecule has 0 aliphatic rings. The third kappa shape index (κ3) is 13.9. The predicted molar refractivity (Wildman–Crippen MR) is 130 cm³/mol. The maximum absolute atomic E-state index is 12.7. The Kier molecular flexibility index (Phi) is 18.9. The van der Waals surface area contributed by atoms with E-state index in [1.165, 1.54) is 70.6 Å². The number of carbonyl (C=O) groups excluding carboxylic acids is 2. The van der Waals surface area contributed by atoms with Crippen molar-refractivity contribution in [3.63, 3.8) is 0 Å². The van der Waals surface area contributed by atoms with Crippen LogP contribution in [0.5, 0.6) is 0 Å². The molecule has 0 amide bonds. The first-order valence-corrected chi connectivity index (χ1v) is 13.3. The van der Waals surface area contributed by atoms with Crippen LogP contribution < -0.4 is 0 Å². The molecule has 0 fully saturated rings. The molecule has 0 spiro atoms. The number of carbonyl (C=O) groups is 2. The van der Waals surface area contributed by atoms with E-state index in [0.29, 0.717) is 32.0 Å². The van der Waals surface area contributed by atoms with Crippen molar-refractivity contribution in [1.29, 1.82) is 0 Å². The summed E-state index contributed by atoms with van der Waals surface area (Å²) >= 11 is 0. The molecular weight excluding hydrogens is 388 g/mol. The van der Waals surface area contributed by atoms with E-state index in [-0.39, 0.29) is 0 Å². The van der Waals surface area contributed by atoms with E-state index in [2.05, 4.69) is 20.8 Å². The molecule has 0 saturated carbocycles. The highest BCUT2D eigenvalue weighted by Gasteiger charge is 2.45. The van der Waals surface area contributed by atoms with Crippen molar-refractivity contribution >= 4 is 11.9 Å². The van der Waals surface area contributed by atoms with Gasteiger partial charge in [-0.15, -0.1) is 0 Å². The van der Waals surface area contributed by atoms with Gasteiger partial charge in [0.1, 0.15) is 0 Å². The van der Waals surface area contributed by atoms with Gasteiger partial charge < -0.3 is 9.47 Å². The third-order valence-electron chi connectivity index (χ3n) is 6.40. The van der Waals surface area contributed by atoms with Gasteiger partial charge in [0.25, 0.3) is 0 Å². The van der Waals surface area contributed by atoms with E-state index in [1.807, 2.05) is 13.8 Å². The van der Waals surface area contributed by atoms with Gasteiger partial charge in [0, 0.05) is 0 Å². The highest BCUT2D eigenvalue weighted by atomic mass is 16.6. The second-order valence-corrected chi connectivity index (χ2v) is 9.49. The van der Waals surface area contributed by atoms with Crippen molar-refractivity contribution < 1.29 is 19.1 Å². The van der Waals surface area contributed by atoms with Crippen LogP contribution in [0.1, 0.15) is 137 Å². The zero-order valence-corrected chi connectivity index (χ0v) is 21.4. The summed E-state index contributed by atoms with van der Waals surface area (Å²) < 4.78 is 10.9. The minimum atomic E-state index is -1.15. The summed E-state index contributed by atoms with van der Waals surface area (Å²) in [4.78, 5) is 25.2. The quantitative estimate of drug-likeness (QED) is 0.103. The third-order valence-corrected chi connectivity index (χ3v) is 6.40. The molecular formula is C27H52O4. The molecule has 0 radical (unpaired) electrons. The average molecular weight is 441 g/mol. The summed E-state index contributed by atoms with van der Waals surface area (Å²) in [5.41, 5.74) is -1.15. The SMILES string of the molecule is CCCCCCCCCCCCCCCOC(=O)C(CC)(CC)C(=O)OCCC(C)C. The molecule has 0 aliphatic heterocycles. The maximum Gasteiger partial charge on any atom is 0.323 e. The molecule has 0 aromatic carbocycles. The van der Waals surface area contributed by atoms with Crippen LogP contribution >= 0.6 is 0 Å². The lowest BCUT2D eigenvalue weighted by molar-refractivity contribution is -0.173. The Hall–Kier alpha value is -1.06. The fraction of sp³-hybridized carbons (Fsp3) is 0.926. The van der Waals surface area contributed by atoms with E-state index in [4.69, 9.17) is 9.47 Å². The summed E-state index contributed by atoms with van der Waals surface area (Å²) in [6.07, 6.45) is 18.4. The molecule has 184 valence electrons. The first-order chi connectivity index (χ1) is 14.9. The Balaban J connectivity index is 3.88. The zero-order valence-electron chi connectivity index (χ0n) is 21.4. The molecule has 4 nitrogen and oxygen atoms in total. The lowest BCUT2D eigenvalue weighted by Gasteiger charge is -2.27. The average Bonchev–Trinajstić information content (AvgIpc) is 2.75. The number of ether oxygens (including phenoxy) is 2. The summed E-state index contributed by atoms with van der Waals surface area (Å²) in [5, 5.41) is 0. The van der Waals surface area contributed by atoms with E-state index < -0.39 is 17.4 Å². The molecule has 0 heterocycles. The van der Waals surface area contributed by atoms with Gasteiger partial charge >= 0.3 is 11.9 Å².